The lowest BCUT2D eigenvalue weighted by atomic mass is 10.1. The first kappa shape index (κ1) is 16.1. The number of benzene rings is 2. The van der Waals surface area contributed by atoms with E-state index in [0.717, 1.165) is 6.54 Å². The molecule has 2 aromatic rings. The number of hydrogen-bond donors (Lipinski definition) is 3. The molecule has 3 heteroatoms. The molecule has 0 fully saturated rings. The van der Waals surface area contributed by atoms with Crippen molar-refractivity contribution in [2.45, 2.75) is 19.8 Å². The minimum atomic E-state index is 0.185. The van der Waals surface area contributed by atoms with Gasteiger partial charge in [-0.2, -0.15) is 0 Å². The Morgan fingerprint density at radius 3 is 2.25 bits per heavy atom. The summed E-state index contributed by atoms with van der Waals surface area (Å²) in [6, 6.07) is 15.0. The summed E-state index contributed by atoms with van der Waals surface area (Å²) in [6.07, 6.45) is 2.40. The van der Waals surface area contributed by atoms with Gasteiger partial charge in [0, 0.05) is 0 Å². The predicted octanol–water partition coefficient (Wildman–Crippen LogP) is 3.24. The summed E-state index contributed by atoms with van der Waals surface area (Å²) in [5.41, 5.74) is 2.12. The molecule has 0 amide bonds. The van der Waals surface area contributed by atoms with Crippen LogP contribution in [0.1, 0.15) is 17.5 Å². The Morgan fingerprint density at radius 2 is 1.70 bits per heavy atom. The summed E-state index contributed by atoms with van der Waals surface area (Å²) in [4.78, 5) is 0. The van der Waals surface area contributed by atoms with Gasteiger partial charge in [0.15, 0.2) is 0 Å². The van der Waals surface area contributed by atoms with Crippen molar-refractivity contribution in [3.63, 3.8) is 0 Å². The Labute approximate surface area is 120 Å². The van der Waals surface area contributed by atoms with Gasteiger partial charge in [0.1, 0.15) is 11.5 Å². The number of phenolic OH excluding ortho intramolecular Hbond substituents is 2. The lowest BCUT2D eigenvalue weighted by Gasteiger charge is -1.99. The fourth-order valence-corrected chi connectivity index (χ4v) is 1.75. The summed E-state index contributed by atoms with van der Waals surface area (Å²) in [5, 5.41) is 20.9. The van der Waals surface area contributed by atoms with E-state index >= 15 is 0 Å². The first-order valence-electron chi connectivity index (χ1n) is 6.80. The van der Waals surface area contributed by atoms with Crippen molar-refractivity contribution in [2.75, 3.05) is 13.6 Å². The van der Waals surface area contributed by atoms with E-state index in [4.69, 9.17) is 10.2 Å². The molecule has 0 heterocycles. The van der Waals surface area contributed by atoms with Crippen LogP contribution in [0.5, 0.6) is 11.5 Å². The van der Waals surface area contributed by atoms with Gasteiger partial charge in [0.05, 0.1) is 0 Å². The molecule has 108 valence electrons. The van der Waals surface area contributed by atoms with Crippen molar-refractivity contribution < 1.29 is 10.2 Å². The number of aryl methyl sites for hydroxylation is 2. The van der Waals surface area contributed by atoms with Crippen molar-refractivity contribution >= 4 is 0 Å². The lowest BCUT2D eigenvalue weighted by molar-refractivity contribution is 0.456. The average molecular weight is 273 g/mol. The van der Waals surface area contributed by atoms with Crippen LogP contribution in [-0.2, 0) is 6.42 Å². The van der Waals surface area contributed by atoms with Crippen LogP contribution in [-0.4, -0.2) is 23.8 Å². The molecule has 0 saturated carbocycles. The van der Waals surface area contributed by atoms with Crippen molar-refractivity contribution in [3.8, 4) is 11.5 Å². The lowest BCUT2D eigenvalue weighted by Crippen LogP contribution is -2.08. The highest BCUT2D eigenvalue weighted by Gasteiger charge is 1.93. The quantitative estimate of drug-likeness (QED) is 0.592. The molecule has 2 aromatic carbocycles. The van der Waals surface area contributed by atoms with E-state index in [9.17, 15) is 0 Å². The van der Waals surface area contributed by atoms with Gasteiger partial charge < -0.3 is 15.5 Å². The molecular weight excluding hydrogens is 250 g/mol. The van der Waals surface area contributed by atoms with Crippen molar-refractivity contribution in [3.05, 3.63) is 59.7 Å². The molecule has 0 unspecified atom stereocenters. The van der Waals surface area contributed by atoms with E-state index < -0.39 is 0 Å². The maximum Gasteiger partial charge on any atom is 0.118 e. The van der Waals surface area contributed by atoms with Crippen LogP contribution in [0, 0.1) is 6.92 Å². The van der Waals surface area contributed by atoms with Gasteiger partial charge in [-0.05, 0) is 62.7 Å². The van der Waals surface area contributed by atoms with Crippen molar-refractivity contribution in [2.24, 2.45) is 0 Å². The highest BCUT2D eigenvalue weighted by molar-refractivity contribution is 5.37. The second-order valence-electron chi connectivity index (χ2n) is 4.66. The first-order chi connectivity index (χ1) is 9.63. The number of rotatable bonds is 4. The van der Waals surface area contributed by atoms with E-state index in [1.807, 2.05) is 7.05 Å². The van der Waals surface area contributed by atoms with Gasteiger partial charge in [-0.25, -0.2) is 0 Å². The largest absolute Gasteiger partial charge is 0.508 e. The topological polar surface area (TPSA) is 52.5 Å². The van der Waals surface area contributed by atoms with Crippen molar-refractivity contribution in [1.29, 1.82) is 0 Å². The molecule has 0 radical (unpaired) electrons. The molecule has 0 aliphatic rings. The van der Waals surface area contributed by atoms with Crippen LogP contribution in [0.4, 0.5) is 0 Å². The Bertz CT molecular complexity index is 498. The van der Waals surface area contributed by atoms with E-state index in [2.05, 4.69) is 35.6 Å². The Morgan fingerprint density at radius 1 is 1.00 bits per heavy atom. The number of hydrogen-bond acceptors (Lipinski definition) is 3. The summed E-state index contributed by atoms with van der Waals surface area (Å²) in [6.45, 7) is 2.84. The fourth-order valence-electron chi connectivity index (χ4n) is 1.75. The zero-order valence-corrected chi connectivity index (χ0v) is 12.1. The van der Waals surface area contributed by atoms with Crippen LogP contribution >= 0.6 is 0 Å². The molecule has 0 aliphatic carbocycles. The fraction of sp³-hybridized carbons (Fsp3) is 0.294. The second-order valence-corrected chi connectivity index (χ2v) is 4.66. The first-order valence-corrected chi connectivity index (χ1v) is 6.80. The van der Waals surface area contributed by atoms with E-state index in [-0.39, 0.29) is 11.5 Å². The molecule has 0 spiro atoms. The molecule has 0 aliphatic heterocycles. The minimum absolute atomic E-state index is 0.185. The van der Waals surface area contributed by atoms with Gasteiger partial charge >= 0.3 is 0 Å². The molecule has 0 bridgehead atoms. The Hall–Kier alpha value is -2.00. The van der Waals surface area contributed by atoms with Crippen LogP contribution < -0.4 is 5.32 Å². The van der Waals surface area contributed by atoms with Crippen molar-refractivity contribution in [1.82, 2.24) is 5.32 Å². The van der Waals surface area contributed by atoms with Gasteiger partial charge in [-0.1, -0.05) is 30.3 Å². The summed E-state index contributed by atoms with van der Waals surface area (Å²) < 4.78 is 0. The van der Waals surface area contributed by atoms with Crippen LogP contribution in [0.2, 0.25) is 0 Å². The third-order valence-corrected chi connectivity index (χ3v) is 2.92. The van der Waals surface area contributed by atoms with Gasteiger partial charge in [-0.3, -0.25) is 0 Å². The minimum Gasteiger partial charge on any atom is -0.508 e. The molecule has 0 atom stereocenters. The predicted molar refractivity (Wildman–Crippen MR) is 83.2 cm³/mol. The van der Waals surface area contributed by atoms with Crippen LogP contribution in [0.3, 0.4) is 0 Å². The standard InChI is InChI=1S/C10H15N.C7H8O2/c1-11-9-5-8-10-6-3-2-4-7-10;1-5-4-6(8)2-3-7(5)9/h2-4,6-7,11H,5,8-9H2,1H3;2-4,8-9H,1H3. The van der Waals surface area contributed by atoms with Crippen LogP contribution in [0.15, 0.2) is 48.5 Å². The molecular formula is C17H23NO2. The monoisotopic (exact) mass is 273 g/mol. The van der Waals surface area contributed by atoms with E-state index in [0.29, 0.717) is 5.56 Å². The average Bonchev–Trinajstić information content (AvgIpc) is 2.45. The molecule has 0 saturated heterocycles. The molecule has 0 aromatic heterocycles. The molecule has 3 N–H and O–H groups in total. The normalized spacial score (nSPS) is 9.70. The van der Waals surface area contributed by atoms with Gasteiger partial charge in [-0.15, -0.1) is 0 Å². The summed E-state index contributed by atoms with van der Waals surface area (Å²) in [7, 11) is 1.99. The number of nitrogens with one attached hydrogen (secondary N) is 1. The summed E-state index contributed by atoms with van der Waals surface area (Å²) >= 11 is 0. The third-order valence-electron chi connectivity index (χ3n) is 2.92. The number of aromatic hydroxyl groups is 2. The highest BCUT2D eigenvalue weighted by Crippen LogP contribution is 2.19. The maximum atomic E-state index is 8.93. The Balaban J connectivity index is 0.000000204. The third kappa shape index (κ3) is 6.25. The second kappa shape index (κ2) is 8.99. The van der Waals surface area contributed by atoms with Gasteiger partial charge in [0.25, 0.3) is 0 Å². The SMILES string of the molecule is CNCCCc1ccccc1.Cc1cc(O)ccc1O. The number of phenols is 2. The summed E-state index contributed by atoms with van der Waals surface area (Å²) in [5.74, 6) is 0.401. The maximum absolute atomic E-state index is 8.93. The Kier molecular flexibility index (Phi) is 7.22. The zero-order chi connectivity index (χ0) is 14.8. The molecule has 3 nitrogen and oxygen atoms in total. The molecule has 2 rings (SSSR count). The highest BCUT2D eigenvalue weighted by atomic mass is 16.3. The molecule has 20 heavy (non-hydrogen) atoms. The van der Waals surface area contributed by atoms with Crippen LogP contribution in [0.25, 0.3) is 0 Å². The van der Waals surface area contributed by atoms with E-state index in [1.165, 1.54) is 36.6 Å². The van der Waals surface area contributed by atoms with Gasteiger partial charge in [0.2, 0.25) is 0 Å². The van der Waals surface area contributed by atoms with E-state index in [1.54, 1.807) is 6.92 Å². The zero-order valence-electron chi connectivity index (χ0n) is 12.1. The smallest absolute Gasteiger partial charge is 0.118 e.